The van der Waals surface area contributed by atoms with Crippen LogP contribution in [0.2, 0.25) is 0 Å². The third-order valence-electron chi connectivity index (χ3n) is 6.58. The minimum Gasteiger partial charge on any atom is -0.494 e. The van der Waals surface area contributed by atoms with Crippen LogP contribution < -0.4 is 18.9 Å². The summed E-state index contributed by atoms with van der Waals surface area (Å²) in [6.45, 7) is 3.69. The van der Waals surface area contributed by atoms with Crippen LogP contribution in [-0.4, -0.2) is 69.1 Å². The number of carbonyl (C=O) groups excluding carboxylic acids is 1. The lowest BCUT2D eigenvalue weighted by molar-refractivity contribution is 0.100. The summed E-state index contributed by atoms with van der Waals surface area (Å²) in [6, 6.07) is 9.84. The van der Waals surface area contributed by atoms with Gasteiger partial charge in [0.1, 0.15) is 17.3 Å². The predicted octanol–water partition coefficient (Wildman–Crippen LogP) is 4.51. The van der Waals surface area contributed by atoms with E-state index in [2.05, 4.69) is 9.80 Å². The second-order valence-electron chi connectivity index (χ2n) is 8.88. The first-order chi connectivity index (χ1) is 17.0. The van der Waals surface area contributed by atoms with Gasteiger partial charge < -0.3 is 28.7 Å². The van der Waals surface area contributed by atoms with E-state index in [0.717, 1.165) is 45.3 Å². The Morgan fingerprint density at radius 2 is 1.77 bits per heavy atom. The highest BCUT2D eigenvalue weighted by Crippen LogP contribution is 2.40. The molecule has 7 nitrogen and oxygen atoms in total. The maximum atomic E-state index is 12.9. The zero-order chi connectivity index (χ0) is 24.8. The van der Waals surface area contributed by atoms with Crippen molar-refractivity contribution in [3.63, 3.8) is 0 Å². The van der Waals surface area contributed by atoms with Gasteiger partial charge in [0.25, 0.3) is 0 Å². The number of unbranched alkanes of at least 4 members (excludes halogenated alkanes) is 1. The van der Waals surface area contributed by atoms with Crippen molar-refractivity contribution in [1.82, 2.24) is 9.80 Å². The molecule has 0 radical (unpaired) electrons. The smallest absolute Gasteiger partial charge is 0.233 e. The molecule has 0 aliphatic carbocycles. The van der Waals surface area contributed by atoms with Gasteiger partial charge in [-0.2, -0.15) is 0 Å². The first-order valence-electron chi connectivity index (χ1n) is 12.0. The summed E-state index contributed by atoms with van der Waals surface area (Å²) in [5, 5.41) is 0. The van der Waals surface area contributed by atoms with E-state index in [1.807, 2.05) is 13.2 Å². The Bertz CT molecular complexity index is 1050. The molecule has 0 aromatic heterocycles. The van der Waals surface area contributed by atoms with Gasteiger partial charge in [-0.15, -0.1) is 0 Å². The van der Waals surface area contributed by atoms with Crippen molar-refractivity contribution in [2.45, 2.75) is 31.7 Å². The number of fused-ring (bicyclic) bond motifs is 1. The average molecular weight is 485 g/mol. The molecule has 188 valence electrons. The van der Waals surface area contributed by atoms with Gasteiger partial charge >= 0.3 is 0 Å². The number of benzene rings is 2. The van der Waals surface area contributed by atoms with Gasteiger partial charge in [0.15, 0.2) is 17.3 Å². The van der Waals surface area contributed by atoms with Crippen LogP contribution in [0, 0.1) is 5.82 Å². The number of carbonyl (C=O) groups is 1. The Morgan fingerprint density at radius 3 is 2.46 bits per heavy atom. The van der Waals surface area contributed by atoms with Crippen molar-refractivity contribution in [1.29, 1.82) is 0 Å². The quantitative estimate of drug-likeness (QED) is 0.363. The summed E-state index contributed by atoms with van der Waals surface area (Å²) in [5.41, 5.74) is 0.487. The number of allylic oxidation sites excluding steroid dienone is 1. The lowest BCUT2D eigenvalue weighted by Gasteiger charge is -2.36. The van der Waals surface area contributed by atoms with Crippen LogP contribution in [0.5, 0.6) is 23.0 Å². The normalized spacial score (nSPS) is 17.3. The van der Waals surface area contributed by atoms with E-state index in [0.29, 0.717) is 47.0 Å². The zero-order valence-electron chi connectivity index (χ0n) is 20.6. The number of methoxy groups -OCH3 is 2. The molecule has 2 heterocycles. The van der Waals surface area contributed by atoms with Gasteiger partial charge in [-0.3, -0.25) is 4.79 Å². The molecule has 0 amide bonds. The highest BCUT2D eigenvalue weighted by molar-refractivity contribution is 6.12. The van der Waals surface area contributed by atoms with Crippen molar-refractivity contribution in [2.75, 3.05) is 47.5 Å². The second-order valence-corrected chi connectivity index (χ2v) is 8.88. The fourth-order valence-electron chi connectivity index (χ4n) is 4.50. The molecule has 8 heteroatoms. The molecule has 2 aliphatic heterocycles. The van der Waals surface area contributed by atoms with Crippen molar-refractivity contribution >= 4 is 5.78 Å². The molecule has 0 unspecified atom stereocenters. The number of hydrogen-bond acceptors (Lipinski definition) is 7. The van der Waals surface area contributed by atoms with Crippen LogP contribution >= 0.6 is 0 Å². The summed E-state index contributed by atoms with van der Waals surface area (Å²) in [5.74, 6) is 2.15. The lowest BCUT2D eigenvalue weighted by atomic mass is 10.0. The Morgan fingerprint density at radius 1 is 1.09 bits per heavy atom. The maximum absolute atomic E-state index is 12.9. The third-order valence-corrected chi connectivity index (χ3v) is 6.58. The van der Waals surface area contributed by atoms with Gasteiger partial charge in [0.2, 0.25) is 5.78 Å². The highest BCUT2D eigenvalue weighted by atomic mass is 19.1. The number of piperidine rings is 1. The predicted molar refractivity (Wildman–Crippen MR) is 131 cm³/mol. The topological polar surface area (TPSA) is 60.5 Å². The monoisotopic (exact) mass is 484 g/mol. The molecule has 2 aromatic carbocycles. The molecular weight excluding hydrogens is 451 g/mol. The number of halogens is 1. The molecule has 4 rings (SSSR count). The highest BCUT2D eigenvalue weighted by Gasteiger charge is 2.31. The summed E-state index contributed by atoms with van der Waals surface area (Å²) >= 11 is 0. The first kappa shape index (κ1) is 24.9. The Labute approximate surface area is 206 Å². The number of Topliss-reactive ketones (excluding diaryl/α,β-unsaturated/α-hetero) is 1. The van der Waals surface area contributed by atoms with Gasteiger partial charge in [-0.1, -0.05) is 0 Å². The summed E-state index contributed by atoms with van der Waals surface area (Å²) in [4.78, 5) is 17.4. The lowest BCUT2D eigenvalue weighted by Crippen LogP contribution is -2.42. The van der Waals surface area contributed by atoms with Crippen molar-refractivity contribution in [3.8, 4) is 23.0 Å². The molecule has 0 spiro atoms. The third kappa shape index (κ3) is 6.06. The van der Waals surface area contributed by atoms with Crippen LogP contribution in [0.25, 0.3) is 0 Å². The van der Waals surface area contributed by atoms with Gasteiger partial charge in [-0.05, 0) is 62.6 Å². The number of nitrogens with zero attached hydrogens (tertiary/aromatic N) is 2. The fourth-order valence-corrected chi connectivity index (χ4v) is 4.50. The van der Waals surface area contributed by atoms with E-state index < -0.39 is 0 Å². The van der Waals surface area contributed by atoms with Gasteiger partial charge in [0.05, 0.1) is 26.4 Å². The number of hydrogen-bond donors (Lipinski definition) is 0. The molecule has 0 atom stereocenters. The van der Waals surface area contributed by atoms with Crippen LogP contribution in [0.3, 0.4) is 0 Å². The molecule has 2 aromatic rings. The fraction of sp³-hybridized carbons (Fsp3) is 0.444. The molecule has 0 bridgehead atoms. The number of rotatable bonds is 10. The van der Waals surface area contributed by atoms with Crippen molar-refractivity contribution < 1.29 is 28.1 Å². The largest absolute Gasteiger partial charge is 0.494 e. The molecule has 1 saturated heterocycles. The van der Waals surface area contributed by atoms with Crippen LogP contribution in [0.4, 0.5) is 4.39 Å². The Hall–Kier alpha value is -3.26. The maximum Gasteiger partial charge on any atom is 0.233 e. The van der Waals surface area contributed by atoms with Crippen LogP contribution in [0.15, 0.2) is 48.4 Å². The van der Waals surface area contributed by atoms with E-state index in [-0.39, 0.29) is 11.6 Å². The van der Waals surface area contributed by atoms with E-state index >= 15 is 0 Å². The van der Waals surface area contributed by atoms with Crippen LogP contribution in [-0.2, 0) is 0 Å². The van der Waals surface area contributed by atoms with E-state index in [1.165, 1.54) is 12.1 Å². The van der Waals surface area contributed by atoms with Crippen molar-refractivity contribution in [3.05, 3.63) is 59.7 Å². The minimum atomic E-state index is -0.253. The molecule has 0 saturated carbocycles. The summed E-state index contributed by atoms with van der Waals surface area (Å²) in [7, 11) is 5.10. The second kappa shape index (κ2) is 11.4. The molecule has 35 heavy (non-hydrogen) atoms. The van der Waals surface area contributed by atoms with Gasteiger partial charge in [0, 0.05) is 38.4 Å². The molecule has 0 N–H and O–H groups in total. The minimum absolute atomic E-state index is 0.145. The number of ketones is 1. The van der Waals surface area contributed by atoms with Gasteiger partial charge in [-0.25, -0.2) is 4.39 Å². The zero-order valence-corrected chi connectivity index (χ0v) is 20.6. The Balaban J connectivity index is 1.20. The standard InChI is InChI=1S/C27H33FN2O5/c1-29(18-26-27(31)22-16-24(32-2)25(33-3)17-23(22)35-26)20-10-13-30(14-11-20)12-4-5-15-34-21-8-6-19(28)7-9-21/h6-9,16-18,20H,4-5,10-15H2,1-3H3/b26-18-. The first-order valence-corrected chi connectivity index (χ1v) is 12.0. The summed E-state index contributed by atoms with van der Waals surface area (Å²) in [6.07, 6.45) is 5.87. The molecular formula is C27H33FN2O5. The number of ether oxygens (including phenoxy) is 4. The average Bonchev–Trinajstić information content (AvgIpc) is 3.18. The molecule has 1 fully saturated rings. The number of likely N-dealkylation sites (tertiary alicyclic amines) is 1. The molecule has 2 aliphatic rings. The van der Waals surface area contributed by atoms with Crippen molar-refractivity contribution in [2.24, 2.45) is 0 Å². The Kier molecular flexibility index (Phi) is 8.13. The van der Waals surface area contributed by atoms with Crippen LogP contribution in [0.1, 0.15) is 36.0 Å². The SMILES string of the molecule is COc1cc2c(cc1OC)C(=O)/C(=C/N(C)C1CCN(CCCCOc3ccc(F)cc3)CC1)O2. The van der Waals surface area contributed by atoms with E-state index in [1.54, 1.807) is 38.5 Å². The summed E-state index contributed by atoms with van der Waals surface area (Å²) < 4.78 is 35.1. The van der Waals surface area contributed by atoms with E-state index in [4.69, 9.17) is 18.9 Å². The van der Waals surface area contributed by atoms with E-state index in [9.17, 15) is 9.18 Å².